The topological polar surface area (TPSA) is 105 Å². The van der Waals surface area contributed by atoms with E-state index >= 15 is 0 Å². The molecule has 2 atom stereocenters. The highest BCUT2D eigenvalue weighted by Crippen LogP contribution is 2.22. The zero-order chi connectivity index (χ0) is 18.3. The van der Waals surface area contributed by atoms with Gasteiger partial charge in [0, 0.05) is 6.54 Å². The number of hydrogen-bond donors (Lipinski definition) is 3. The van der Waals surface area contributed by atoms with E-state index in [1.54, 1.807) is 45.0 Å². The van der Waals surface area contributed by atoms with E-state index in [1.807, 2.05) is 0 Å². The second kappa shape index (κ2) is 8.65. The summed E-state index contributed by atoms with van der Waals surface area (Å²) < 4.78 is 9.68. The van der Waals surface area contributed by atoms with Gasteiger partial charge in [0.25, 0.3) is 0 Å². The first-order chi connectivity index (χ1) is 11.1. The van der Waals surface area contributed by atoms with Crippen LogP contribution in [0.25, 0.3) is 0 Å². The molecule has 2 unspecified atom stereocenters. The molecule has 0 aromatic heterocycles. The summed E-state index contributed by atoms with van der Waals surface area (Å²) in [6.45, 7) is 4.98. The minimum atomic E-state index is -1.26. The number of esters is 1. The number of rotatable bonds is 6. The highest BCUT2D eigenvalue weighted by atomic mass is 16.6. The number of aliphatic hydroxyl groups excluding tert-OH is 2. The van der Waals surface area contributed by atoms with Gasteiger partial charge in [-0.3, -0.25) is 4.79 Å². The van der Waals surface area contributed by atoms with Gasteiger partial charge in [0.1, 0.15) is 17.8 Å². The lowest BCUT2D eigenvalue weighted by atomic mass is 9.96. The number of aliphatic hydroxyl groups is 2. The molecule has 7 nitrogen and oxygen atoms in total. The van der Waals surface area contributed by atoms with Crippen LogP contribution < -0.4 is 5.32 Å². The maximum atomic E-state index is 11.6. The first-order valence-electron chi connectivity index (χ1n) is 7.61. The van der Waals surface area contributed by atoms with Gasteiger partial charge in [-0.25, -0.2) is 4.79 Å². The van der Waals surface area contributed by atoms with Crippen molar-refractivity contribution in [3.05, 3.63) is 35.4 Å². The van der Waals surface area contributed by atoms with E-state index in [4.69, 9.17) is 4.74 Å². The lowest BCUT2D eigenvalue weighted by Gasteiger charge is -2.23. The summed E-state index contributed by atoms with van der Waals surface area (Å²) in [6.07, 6.45) is -3.22. The van der Waals surface area contributed by atoms with Crippen molar-refractivity contribution in [3.8, 4) is 0 Å². The van der Waals surface area contributed by atoms with Crippen LogP contribution in [0.1, 0.15) is 38.0 Å². The van der Waals surface area contributed by atoms with Gasteiger partial charge in [-0.1, -0.05) is 24.3 Å². The summed E-state index contributed by atoms with van der Waals surface area (Å²) in [7, 11) is 1.28. The van der Waals surface area contributed by atoms with Crippen molar-refractivity contribution < 1.29 is 29.3 Å². The number of ether oxygens (including phenoxy) is 2. The molecule has 0 heterocycles. The normalized spacial score (nSPS) is 13.8. The van der Waals surface area contributed by atoms with Gasteiger partial charge in [0.15, 0.2) is 0 Å². The largest absolute Gasteiger partial charge is 0.469 e. The van der Waals surface area contributed by atoms with Crippen LogP contribution in [0.2, 0.25) is 0 Å². The van der Waals surface area contributed by atoms with Gasteiger partial charge in [-0.2, -0.15) is 0 Å². The molecule has 24 heavy (non-hydrogen) atoms. The van der Waals surface area contributed by atoms with Gasteiger partial charge in [-0.15, -0.1) is 0 Å². The number of hydrogen-bond acceptors (Lipinski definition) is 6. The molecule has 0 aliphatic heterocycles. The van der Waals surface area contributed by atoms with Crippen molar-refractivity contribution in [2.45, 2.75) is 45.0 Å². The first-order valence-corrected chi connectivity index (χ1v) is 7.61. The van der Waals surface area contributed by atoms with Crippen molar-refractivity contribution in [2.24, 2.45) is 0 Å². The Kier molecular flexibility index (Phi) is 7.18. The first kappa shape index (κ1) is 19.9. The molecule has 0 bridgehead atoms. The van der Waals surface area contributed by atoms with Crippen LogP contribution in [0.4, 0.5) is 4.79 Å². The molecule has 134 valence electrons. The molecule has 0 aliphatic rings. The van der Waals surface area contributed by atoms with Crippen molar-refractivity contribution in [2.75, 3.05) is 13.7 Å². The zero-order valence-corrected chi connectivity index (χ0v) is 14.4. The van der Waals surface area contributed by atoms with Gasteiger partial charge in [0.2, 0.25) is 0 Å². The third kappa shape index (κ3) is 6.55. The second-order valence-electron chi connectivity index (χ2n) is 6.35. The van der Waals surface area contributed by atoms with E-state index in [1.165, 1.54) is 7.11 Å². The number of carbonyl (C=O) groups excluding carboxylic acids is 2. The number of alkyl carbamates (subject to hydrolysis) is 1. The van der Waals surface area contributed by atoms with E-state index < -0.39 is 29.9 Å². The number of nitrogens with one attached hydrogen (secondary N) is 1. The third-order valence-corrected chi connectivity index (χ3v) is 3.16. The molecule has 1 amide bonds. The standard InChI is InChI=1S/C17H25NO6/c1-17(2,3)24-16(22)18-10-13(19)15(21)12-8-6-5-7-11(12)9-14(20)23-4/h5-8,13,15,19,21H,9-10H2,1-4H3,(H,18,22). The lowest BCUT2D eigenvalue weighted by molar-refractivity contribution is -0.139. The number of carbonyl (C=O) groups is 2. The number of amides is 1. The zero-order valence-electron chi connectivity index (χ0n) is 14.4. The predicted octanol–water partition coefficient (Wildman–Crippen LogP) is 1.32. The Morgan fingerprint density at radius 2 is 1.83 bits per heavy atom. The van der Waals surface area contributed by atoms with Gasteiger partial charge in [-0.05, 0) is 31.9 Å². The van der Waals surface area contributed by atoms with E-state index in [9.17, 15) is 19.8 Å². The van der Waals surface area contributed by atoms with Gasteiger partial charge < -0.3 is 25.0 Å². The summed E-state index contributed by atoms with van der Waals surface area (Å²) in [5.41, 5.74) is 0.301. The Labute approximate surface area is 141 Å². The molecule has 3 N–H and O–H groups in total. The van der Waals surface area contributed by atoms with Crippen LogP contribution >= 0.6 is 0 Å². The van der Waals surface area contributed by atoms with Crippen molar-refractivity contribution in [1.82, 2.24) is 5.32 Å². The van der Waals surface area contributed by atoms with Crippen molar-refractivity contribution in [1.29, 1.82) is 0 Å². The van der Waals surface area contributed by atoms with Gasteiger partial charge >= 0.3 is 12.1 Å². The van der Waals surface area contributed by atoms with Crippen LogP contribution in [0.5, 0.6) is 0 Å². The summed E-state index contributed by atoms with van der Waals surface area (Å²) in [4.78, 5) is 23.0. The summed E-state index contributed by atoms with van der Waals surface area (Å²) in [5, 5.41) is 22.8. The van der Waals surface area contributed by atoms with Gasteiger partial charge in [0.05, 0.1) is 13.5 Å². The van der Waals surface area contributed by atoms with E-state index in [0.29, 0.717) is 11.1 Å². The second-order valence-corrected chi connectivity index (χ2v) is 6.35. The quantitative estimate of drug-likeness (QED) is 0.675. The molecule has 0 radical (unpaired) electrons. The van der Waals surface area contributed by atoms with Crippen molar-refractivity contribution in [3.63, 3.8) is 0 Å². The molecule has 0 saturated carbocycles. The Balaban J connectivity index is 2.70. The Bertz CT molecular complexity index is 566. The minimum absolute atomic E-state index is 0.0179. The Morgan fingerprint density at radius 1 is 1.21 bits per heavy atom. The third-order valence-electron chi connectivity index (χ3n) is 3.16. The molecule has 1 aromatic carbocycles. The minimum Gasteiger partial charge on any atom is -0.469 e. The highest BCUT2D eigenvalue weighted by molar-refractivity contribution is 5.73. The summed E-state index contributed by atoms with van der Waals surface area (Å²) >= 11 is 0. The smallest absolute Gasteiger partial charge is 0.407 e. The Hall–Kier alpha value is -2.12. The maximum absolute atomic E-state index is 11.6. The lowest BCUT2D eigenvalue weighted by Crippen LogP contribution is -2.39. The Morgan fingerprint density at radius 3 is 2.42 bits per heavy atom. The number of benzene rings is 1. The molecule has 0 saturated heterocycles. The summed E-state index contributed by atoms with van der Waals surface area (Å²) in [5.74, 6) is -0.448. The molecule has 1 rings (SSSR count). The average Bonchev–Trinajstić information content (AvgIpc) is 2.50. The van der Waals surface area contributed by atoms with Crippen LogP contribution in [0.3, 0.4) is 0 Å². The molecule has 1 aromatic rings. The van der Waals surface area contributed by atoms with E-state index in [0.717, 1.165) is 0 Å². The highest BCUT2D eigenvalue weighted by Gasteiger charge is 2.23. The molecule has 0 aliphatic carbocycles. The molecular formula is C17H25NO6. The van der Waals surface area contributed by atoms with Crippen LogP contribution in [-0.4, -0.2) is 47.6 Å². The van der Waals surface area contributed by atoms with Crippen molar-refractivity contribution >= 4 is 12.1 Å². The molecule has 0 fully saturated rings. The average molecular weight is 339 g/mol. The molecule has 7 heteroatoms. The molecular weight excluding hydrogens is 314 g/mol. The molecule has 0 spiro atoms. The van der Waals surface area contributed by atoms with E-state index in [-0.39, 0.29) is 13.0 Å². The van der Waals surface area contributed by atoms with Crippen LogP contribution in [0, 0.1) is 0 Å². The maximum Gasteiger partial charge on any atom is 0.407 e. The van der Waals surface area contributed by atoms with Crippen LogP contribution in [0.15, 0.2) is 24.3 Å². The van der Waals surface area contributed by atoms with E-state index in [2.05, 4.69) is 10.1 Å². The van der Waals surface area contributed by atoms with Crippen LogP contribution in [-0.2, 0) is 20.7 Å². The SMILES string of the molecule is COC(=O)Cc1ccccc1C(O)C(O)CNC(=O)OC(C)(C)C. The fourth-order valence-corrected chi connectivity index (χ4v) is 2.03. The fraction of sp³-hybridized carbons (Fsp3) is 0.529. The monoisotopic (exact) mass is 339 g/mol. The fourth-order valence-electron chi connectivity index (χ4n) is 2.03. The summed E-state index contributed by atoms with van der Waals surface area (Å²) in [6, 6.07) is 6.69. The predicted molar refractivity (Wildman–Crippen MR) is 87.4 cm³/mol. The number of methoxy groups -OCH3 is 1.